The van der Waals surface area contributed by atoms with Crippen molar-refractivity contribution in [1.82, 2.24) is 20.1 Å². The number of aromatic nitrogens is 1. The van der Waals surface area contributed by atoms with Crippen LogP contribution in [0.3, 0.4) is 0 Å². The molecule has 5 aliphatic rings. The van der Waals surface area contributed by atoms with Crippen LogP contribution in [0.5, 0.6) is 0 Å². The maximum atomic E-state index is 16.7. The highest BCUT2D eigenvalue weighted by molar-refractivity contribution is 6.20. The number of piperazine rings is 1. The zero-order valence-electron chi connectivity index (χ0n) is 23.5. The van der Waals surface area contributed by atoms with Crippen LogP contribution in [0.1, 0.15) is 44.1 Å². The summed E-state index contributed by atoms with van der Waals surface area (Å²) in [5, 5.41) is 4.49. The lowest BCUT2D eigenvalue weighted by Gasteiger charge is -2.35. The molecule has 4 saturated heterocycles. The van der Waals surface area contributed by atoms with Crippen molar-refractivity contribution in [2.24, 2.45) is 9.98 Å². The van der Waals surface area contributed by atoms with Gasteiger partial charge in [0.1, 0.15) is 24.1 Å². The van der Waals surface area contributed by atoms with Crippen LogP contribution in [0, 0.1) is 0 Å². The van der Waals surface area contributed by atoms with E-state index in [1.54, 1.807) is 6.07 Å². The Hall–Kier alpha value is -3.40. The van der Waals surface area contributed by atoms with Gasteiger partial charge in [-0.25, -0.2) is 14.4 Å². The third-order valence-corrected chi connectivity index (χ3v) is 9.54. The number of rotatable bonds is 7. The van der Waals surface area contributed by atoms with E-state index in [0.29, 0.717) is 47.0 Å². The van der Waals surface area contributed by atoms with E-state index in [-0.39, 0.29) is 18.0 Å². The first-order chi connectivity index (χ1) is 20.0. The van der Waals surface area contributed by atoms with Crippen molar-refractivity contribution < 1.29 is 9.13 Å². The molecule has 8 nitrogen and oxygen atoms in total. The van der Waals surface area contributed by atoms with Crippen LogP contribution in [0.4, 0.5) is 10.2 Å². The van der Waals surface area contributed by atoms with Crippen molar-refractivity contribution >= 4 is 34.7 Å². The van der Waals surface area contributed by atoms with Crippen molar-refractivity contribution in [1.29, 1.82) is 0 Å². The average molecular weight is 556 g/mol. The van der Waals surface area contributed by atoms with E-state index in [1.807, 2.05) is 36.4 Å². The molecule has 1 aliphatic carbocycles. The second kappa shape index (κ2) is 10.8. The quantitative estimate of drug-likeness (QED) is 0.387. The first-order valence-corrected chi connectivity index (χ1v) is 14.9. The Labute approximate surface area is 240 Å². The molecule has 4 fully saturated rings. The summed E-state index contributed by atoms with van der Waals surface area (Å²) in [6.45, 7) is 8.51. The normalized spacial score (nSPS) is 27.7. The first kappa shape index (κ1) is 26.5. The molecule has 0 amide bonds. The van der Waals surface area contributed by atoms with E-state index in [0.717, 1.165) is 62.8 Å². The van der Waals surface area contributed by atoms with Gasteiger partial charge in [-0.2, -0.15) is 0 Å². The van der Waals surface area contributed by atoms with Gasteiger partial charge in [-0.15, -0.1) is 0 Å². The van der Waals surface area contributed by atoms with Crippen LogP contribution in [-0.2, 0) is 4.74 Å². The second-order valence-corrected chi connectivity index (χ2v) is 12.0. The van der Waals surface area contributed by atoms with E-state index in [4.69, 9.17) is 15.5 Å². The third-order valence-electron chi connectivity index (χ3n) is 9.54. The van der Waals surface area contributed by atoms with Gasteiger partial charge < -0.3 is 20.7 Å². The number of anilines is 1. The molecule has 5 heterocycles. The minimum Gasteiger partial charge on any atom is -0.384 e. The SMILES string of the molecule is C=N/C(=C1/C=CC(c2cc(N)nc3ccccc23)=C(F)/C1=N/COCC12CCCN1CCC2)N1CC2CCC(C1)N2. The van der Waals surface area contributed by atoms with Gasteiger partial charge in [-0.05, 0) is 82.1 Å². The monoisotopic (exact) mass is 555 g/mol. The van der Waals surface area contributed by atoms with Gasteiger partial charge in [-0.3, -0.25) is 9.89 Å². The third kappa shape index (κ3) is 4.79. The van der Waals surface area contributed by atoms with Crippen molar-refractivity contribution in [2.75, 3.05) is 45.3 Å². The number of hydrogen-bond donors (Lipinski definition) is 2. The number of allylic oxidation sites excluding steroid dienone is 5. The number of nitrogens with two attached hydrogens (primary N) is 1. The van der Waals surface area contributed by atoms with Crippen molar-refractivity contribution in [3.63, 3.8) is 0 Å². The summed E-state index contributed by atoms with van der Waals surface area (Å²) < 4.78 is 22.9. The molecule has 7 rings (SSSR count). The molecule has 41 heavy (non-hydrogen) atoms. The predicted octanol–water partition coefficient (Wildman–Crippen LogP) is 4.46. The number of ether oxygens (including phenoxy) is 1. The highest BCUT2D eigenvalue weighted by atomic mass is 19.1. The van der Waals surface area contributed by atoms with Gasteiger partial charge in [0.05, 0.1) is 12.1 Å². The van der Waals surface area contributed by atoms with Gasteiger partial charge in [0.25, 0.3) is 0 Å². The minimum atomic E-state index is -0.414. The Balaban J connectivity index is 1.26. The fourth-order valence-corrected chi connectivity index (χ4v) is 7.66. The van der Waals surface area contributed by atoms with Crippen LogP contribution in [-0.4, -0.2) is 84.4 Å². The van der Waals surface area contributed by atoms with Gasteiger partial charge in [0.15, 0.2) is 5.83 Å². The summed E-state index contributed by atoms with van der Waals surface area (Å²) >= 11 is 0. The first-order valence-electron chi connectivity index (χ1n) is 14.9. The molecule has 0 saturated carbocycles. The van der Waals surface area contributed by atoms with Gasteiger partial charge in [-0.1, -0.05) is 24.3 Å². The number of hydrogen-bond acceptors (Lipinski definition) is 8. The van der Waals surface area contributed by atoms with E-state index in [1.165, 1.54) is 12.8 Å². The fraction of sp³-hybridized carbons (Fsp3) is 0.469. The van der Waals surface area contributed by atoms with Gasteiger partial charge >= 0.3 is 0 Å². The zero-order chi connectivity index (χ0) is 28.0. The smallest absolute Gasteiger partial charge is 0.157 e. The molecule has 3 N–H and O–H groups in total. The highest BCUT2D eigenvalue weighted by Crippen LogP contribution is 2.39. The summed E-state index contributed by atoms with van der Waals surface area (Å²) in [5.41, 5.74) is 9.01. The number of nitrogens with zero attached hydrogens (tertiary/aromatic N) is 5. The van der Waals surface area contributed by atoms with Crippen LogP contribution in [0.15, 0.2) is 69.7 Å². The molecule has 9 heteroatoms. The van der Waals surface area contributed by atoms with Crippen LogP contribution in [0.2, 0.25) is 0 Å². The maximum absolute atomic E-state index is 16.7. The zero-order valence-corrected chi connectivity index (χ0v) is 23.5. The summed E-state index contributed by atoms with van der Waals surface area (Å²) in [7, 11) is 0. The molecule has 0 radical (unpaired) electrons. The van der Waals surface area contributed by atoms with Crippen molar-refractivity contribution in [2.45, 2.75) is 56.1 Å². The van der Waals surface area contributed by atoms with Crippen LogP contribution < -0.4 is 11.1 Å². The largest absolute Gasteiger partial charge is 0.384 e. The van der Waals surface area contributed by atoms with E-state index in [2.05, 4.69) is 31.8 Å². The number of benzene rings is 1. The standard InChI is InChI=1S/C32H38FN7O/c1-35-31(39-17-21-8-9-22(18-39)37-21)25-11-10-24(26-16-28(34)38-27-7-3-2-6-23(26)27)29(33)30(25)36-20-41-19-32-12-4-14-40(32)15-5-13-32/h2-3,6-7,10-11,16,21-22,37H,1,4-5,8-9,12-15,17-20H2,(H2,34,38)/b31-25+,36-30+. The molecule has 2 aromatic rings. The van der Waals surface area contributed by atoms with Gasteiger partial charge in [0.2, 0.25) is 0 Å². The predicted molar refractivity (Wildman–Crippen MR) is 162 cm³/mol. The molecule has 1 aromatic carbocycles. The fourth-order valence-electron chi connectivity index (χ4n) is 7.66. The van der Waals surface area contributed by atoms with E-state index in [9.17, 15) is 0 Å². The van der Waals surface area contributed by atoms with Crippen molar-refractivity contribution in [3.05, 3.63) is 65.3 Å². The Morgan fingerprint density at radius 1 is 1.15 bits per heavy atom. The Morgan fingerprint density at radius 2 is 1.90 bits per heavy atom. The highest BCUT2D eigenvalue weighted by Gasteiger charge is 2.44. The second-order valence-electron chi connectivity index (χ2n) is 12.0. The number of pyridine rings is 1. The molecular formula is C32H38FN7O. The lowest BCUT2D eigenvalue weighted by Crippen LogP contribution is -2.50. The average Bonchev–Trinajstić information content (AvgIpc) is 3.66. The Kier molecular flexibility index (Phi) is 6.97. The Morgan fingerprint density at radius 3 is 2.66 bits per heavy atom. The molecule has 1 aromatic heterocycles. The number of nitrogen functional groups attached to an aromatic ring is 1. The lowest BCUT2D eigenvalue weighted by atomic mass is 9.91. The Bertz CT molecular complexity index is 1470. The minimum absolute atomic E-state index is 0.0828. The maximum Gasteiger partial charge on any atom is 0.157 e. The summed E-state index contributed by atoms with van der Waals surface area (Å²) in [6, 6.07) is 10.2. The van der Waals surface area contributed by atoms with Crippen LogP contribution in [0.25, 0.3) is 16.5 Å². The molecule has 2 atom stereocenters. The lowest BCUT2D eigenvalue weighted by molar-refractivity contribution is 0.0391. The number of nitrogens with one attached hydrogen (secondary N) is 1. The van der Waals surface area contributed by atoms with E-state index < -0.39 is 5.83 Å². The van der Waals surface area contributed by atoms with Gasteiger partial charge in [0, 0.05) is 47.2 Å². The molecule has 2 unspecified atom stereocenters. The van der Waals surface area contributed by atoms with Crippen LogP contribution >= 0.6 is 0 Å². The summed E-state index contributed by atoms with van der Waals surface area (Å²) in [6.07, 6.45) is 10.7. The summed E-state index contributed by atoms with van der Waals surface area (Å²) in [5.74, 6) is 0.600. The number of aliphatic imine (C=N–C) groups is 2. The van der Waals surface area contributed by atoms with E-state index >= 15 is 4.39 Å². The number of para-hydroxylation sites is 1. The number of likely N-dealkylation sites (tertiary alicyclic amines) is 1. The van der Waals surface area contributed by atoms with Crippen molar-refractivity contribution in [3.8, 4) is 0 Å². The molecule has 2 bridgehead atoms. The topological polar surface area (TPSA) is 91.4 Å². The molecule has 4 aliphatic heterocycles. The molecular weight excluding hydrogens is 517 g/mol. The summed E-state index contributed by atoms with van der Waals surface area (Å²) in [4.78, 5) is 18.4. The number of halogens is 1. The molecule has 0 spiro atoms. The molecule has 214 valence electrons. The number of fused-ring (bicyclic) bond motifs is 4.